The van der Waals surface area contributed by atoms with Gasteiger partial charge in [0.25, 0.3) is 0 Å². The van der Waals surface area contributed by atoms with Gasteiger partial charge < -0.3 is 4.74 Å². The van der Waals surface area contributed by atoms with Crippen molar-refractivity contribution in [2.24, 2.45) is 5.41 Å². The van der Waals surface area contributed by atoms with Crippen molar-refractivity contribution in [1.29, 1.82) is 0 Å². The predicted molar refractivity (Wildman–Crippen MR) is 65.0 cm³/mol. The van der Waals surface area contributed by atoms with Crippen molar-refractivity contribution in [3.05, 3.63) is 0 Å². The molecule has 0 heterocycles. The van der Waals surface area contributed by atoms with Crippen molar-refractivity contribution in [1.82, 2.24) is 0 Å². The lowest BCUT2D eigenvalue weighted by atomic mass is 9.84. The minimum Gasteiger partial charge on any atom is -0.469 e. The SMILES string of the molecule is COC(=O)CC(C)(C)C(Cl)CC(Cl)(Cl)Cl. The minimum atomic E-state index is -1.40. The second-order valence-corrected chi connectivity index (χ2v) is 7.07. The number of hydrogen-bond donors (Lipinski definition) is 0. The predicted octanol–water partition coefficient (Wildman–Crippen LogP) is 3.94. The molecule has 15 heavy (non-hydrogen) atoms. The zero-order valence-corrected chi connectivity index (χ0v) is 11.8. The fraction of sp³-hybridized carbons (Fsp3) is 0.889. The van der Waals surface area contributed by atoms with E-state index < -0.39 is 14.6 Å². The first-order valence-corrected chi connectivity index (χ1v) is 5.93. The van der Waals surface area contributed by atoms with E-state index in [-0.39, 0.29) is 18.8 Å². The zero-order chi connectivity index (χ0) is 12.3. The molecule has 6 heteroatoms. The Morgan fingerprint density at radius 1 is 1.33 bits per heavy atom. The first kappa shape index (κ1) is 15.6. The van der Waals surface area contributed by atoms with E-state index in [9.17, 15) is 4.79 Å². The molecule has 0 N–H and O–H groups in total. The van der Waals surface area contributed by atoms with Crippen LogP contribution in [-0.2, 0) is 9.53 Å². The van der Waals surface area contributed by atoms with E-state index in [2.05, 4.69) is 4.74 Å². The van der Waals surface area contributed by atoms with E-state index in [1.165, 1.54) is 7.11 Å². The molecule has 0 saturated carbocycles. The van der Waals surface area contributed by atoms with Gasteiger partial charge in [0.15, 0.2) is 3.79 Å². The van der Waals surface area contributed by atoms with Crippen LogP contribution in [0, 0.1) is 5.41 Å². The summed E-state index contributed by atoms with van der Waals surface area (Å²) in [7, 11) is 1.33. The summed E-state index contributed by atoms with van der Waals surface area (Å²) < 4.78 is 3.17. The Bertz CT molecular complexity index is 223. The average Bonchev–Trinajstić information content (AvgIpc) is 2.00. The summed E-state index contributed by atoms with van der Waals surface area (Å²) in [6.45, 7) is 3.66. The van der Waals surface area contributed by atoms with Gasteiger partial charge >= 0.3 is 5.97 Å². The van der Waals surface area contributed by atoms with E-state index >= 15 is 0 Å². The number of esters is 1. The second kappa shape index (κ2) is 5.81. The van der Waals surface area contributed by atoms with Crippen LogP contribution in [0.5, 0.6) is 0 Å². The van der Waals surface area contributed by atoms with Crippen molar-refractivity contribution >= 4 is 52.4 Å². The molecular formula is C9H14Cl4O2. The number of carbonyl (C=O) groups is 1. The van der Waals surface area contributed by atoms with Crippen LogP contribution in [0.3, 0.4) is 0 Å². The van der Waals surface area contributed by atoms with Crippen LogP contribution in [0.1, 0.15) is 26.7 Å². The zero-order valence-electron chi connectivity index (χ0n) is 8.82. The average molecular weight is 296 g/mol. The molecule has 1 unspecified atom stereocenters. The molecule has 1 atom stereocenters. The fourth-order valence-electron chi connectivity index (χ4n) is 1.03. The Labute approximate surface area is 110 Å². The molecule has 0 rings (SSSR count). The Morgan fingerprint density at radius 2 is 1.80 bits per heavy atom. The monoisotopic (exact) mass is 294 g/mol. The van der Waals surface area contributed by atoms with Crippen LogP contribution in [0.25, 0.3) is 0 Å². The summed E-state index contributed by atoms with van der Waals surface area (Å²) in [5.74, 6) is -0.324. The molecular weight excluding hydrogens is 282 g/mol. The van der Waals surface area contributed by atoms with Crippen molar-refractivity contribution in [2.45, 2.75) is 35.9 Å². The molecule has 0 saturated heterocycles. The standard InChI is InChI=1S/C9H14Cl4O2/c1-8(2,5-7(14)15-3)6(10)4-9(11,12)13/h6H,4-5H2,1-3H3. The van der Waals surface area contributed by atoms with Crippen LogP contribution in [0.2, 0.25) is 0 Å². The normalized spacial score (nSPS) is 14.9. The Balaban J connectivity index is 4.38. The number of rotatable bonds is 4. The van der Waals surface area contributed by atoms with Crippen LogP contribution in [0.4, 0.5) is 0 Å². The molecule has 0 radical (unpaired) electrons. The van der Waals surface area contributed by atoms with Gasteiger partial charge in [-0.15, -0.1) is 11.6 Å². The summed E-state index contributed by atoms with van der Waals surface area (Å²) in [4.78, 5) is 11.1. The summed E-state index contributed by atoms with van der Waals surface area (Å²) >= 11 is 23.0. The molecule has 0 aliphatic rings. The molecule has 0 bridgehead atoms. The first-order chi connectivity index (χ1) is 6.58. The van der Waals surface area contributed by atoms with Gasteiger partial charge in [-0.25, -0.2) is 0 Å². The first-order valence-electron chi connectivity index (χ1n) is 4.36. The number of hydrogen-bond acceptors (Lipinski definition) is 2. The third-order valence-electron chi connectivity index (χ3n) is 2.09. The van der Waals surface area contributed by atoms with Crippen LogP contribution < -0.4 is 0 Å². The molecule has 0 aromatic carbocycles. The maximum atomic E-state index is 11.1. The van der Waals surface area contributed by atoms with E-state index in [1.807, 2.05) is 13.8 Å². The maximum absolute atomic E-state index is 11.1. The van der Waals surface area contributed by atoms with Crippen molar-refractivity contribution in [3.63, 3.8) is 0 Å². The largest absolute Gasteiger partial charge is 0.469 e. The smallest absolute Gasteiger partial charge is 0.306 e. The van der Waals surface area contributed by atoms with Gasteiger partial charge in [-0.2, -0.15) is 0 Å². The summed E-state index contributed by atoms with van der Waals surface area (Å²) in [5.41, 5.74) is -0.474. The third kappa shape index (κ3) is 6.72. The van der Waals surface area contributed by atoms with Gasteiger partial charge in [0.1, 0.15) is 0 Å². The summed E-state index contributed by atoms with van der Waals surface area (Å²) in [5, 5.41) is -0.413. The van der Waals surface area contributed by atoms with Crippen LogP contribution in [0.15, 0.2) is 0 Å². The van der Waals surface area contributed by atoms with Gasteiger partial charge in [-0.1, -0.05) is 48.7 Å². The quantitative estimate of drug-likeness (QED) is 0.580. The second-order valence-electron chi connectivity index (χ2n) is 4.03. The molecule has 0 aliphatic carbocycles. The van der Waals surface area contributed by atoms with Gasteiger partial charge in [0.2, 0.25) is 0 Å². The molecule has 0 aromatic heterocycles. The molecule has 2 nitrogen and oxygen atoms in total. The highest BCUT2D eigenvalue weighted by Crippen LogP contribution is 2.40. The Kier molecular flexibility index (Phi) is 6.05. The van der Waals surface area contributed by atoms with E-state index in [4.69, 9.17) is 46.4 Å². The van der Waals surface area contributed by atoms with Gasteiger partial charge in [-0.3, -0.25) is 4.79 Å². The molecule has 0 fully saturated rings. The van der Waals surface area contributed by atoms with E-state index in [0.717, 1.165) is 0 Å². The topological polar surface area (TPSA) is 26.3 Å². The van der Waals surface area contributed by atoms with E-state index in [1.54, 1.807) is 0 Å². The maximum Gasteiger partial charge on any atom is 0.306 e. The molecule has 0 amide bonds. The lowest BCUT2D eigenvalue weighted by molar-refractivity contribution is -0.142. The Hall–Kier alpha value is 0.630. The third-order valence-corrected chi connectivity index (χ3v) is 3.29. The van der Waals surface area contributed by atoms with Crippen molar-refractivity contribution in [2.75, 3.05) is 7.11 Å². The highest BCUT2D eigenvalue weighted by atomic mass is 35.6. The molecule has 0 aliphatic heterocycles. The summed E-state index contributed by atoms with van der Waals surface area (Å²) in [6.07, 6.45) is 0.377. The number of carbonyl (C=O) groups excluding carboxylic acids is 1. The van der Waals surface area contributed by atoms with Crippen molar-refractivity contribution < 1.29 is 9.53 Å². The summed E-state index contributed by atoms with van der Waals surface area (Å²) in [6, 6.07) is 0. The molecule has 0 spiro atoms. The van der Waals surface area contributed by atoms with Crippen LogP contribution in [-0.4, -0.2) is 22.2 Å². The van der Waals surface area contributed by atoms with Gasteiger partial charge in [0.05, 0.1) is 13.5 Å². The van der Waals surface area contributed by atoms with Crippen molar-refractivity contribution in [3.8, 4) is 0 Å². The lowest BCUT2D eigenvalue weighted by Crippen LogP contribution is -2.31. The fourth-order valence-corrected chi connectivity index (χ4v) is 2.04. The van der Waals surface area contributed by atoms with Gasteiger partial charge in [-0.05, 0) is 5.41 Å². The number of methoxy groups -OCH3 is 1. The minimum absolute atomic E-state index is 0.184. The van der Waals surface area contributed by atoms with E-state index in [0.29, 0.717) is 0 Å². The highest BCUT2D eigenvalue weighted by molar-refractivity contribution is 6.67. The molecule has 0 aromatic rings. The van der Waals surface area contributed by atoms with Crippen LogP contribution >= 0.6 is 46.4 Å². The molecule has 90 valence electrons. The highest BCUT2D eigenvalue weighted by Gasteiger charge is 2.36. The number of alkyl halides is 4. The lowest BCUT2D eigenvalue weighted by Gasteiger charge is -2.30. The van der Waals surface area contributed by atoms with Gasteiger partial charge in [0, 0.05) is 11.8 Å². The number of halogens is 4. The number of ether oxygens (including phenoxy) is 1. The Morgan fingerprint density at radius 3 is 2.13 bits per heavy atom.